The standard InChI is InChI=1S/C24H24Cl2FN3O2/c25-21-6-3-18(13-22(21)26)24(32)28-14-23(31)30-12-9-20(15-30)29-10-7-17(8-11-29)16-1-4-19(27)5-2-16/h1-7,13,20H,8-12,14-15H2,(H,28,32). The first-order valence-corrected chi connectivity index (χ1v) is 11.4. The molecule has 2 aliphatic heterocycles. The highest BCUT2D eigenvalue weighted by atomic mass is 35.5. The molecule has 5 nitrogen and oxygen atoms in total. The highest BCUT2D eigenvalue weighted by Crippen LogP contribution is 2.26. The molecule has 1 N–H and O–H groups in total. The zero-order chi connectivity index (χ0) is 22.7. The van der Waals surface area contributed by atoms with Gasteiger partial charge in [0.15, 0.2) is 0 Å². The van der Waals surface area contributed by atoms with Crippen LogP contribution in [0, 0.1) is 5.82 Å². The summed E-state index contributed by atoms with van der Waals surface area (Å²) in [7, 11) is 0. The molecule has 0 spiro atoms. The second-order valence-electron chi connectivity index (χ2n) is 8.08. The lowest BCUT2D eigenvalue weighted by atomic mass is 9.98. The van der Waals surface area contributed by atoms with Gasteiger partial charge in [0.25, 0.3) is 5.91 Å². The first-order chi connectivity index (χ1) is 15.4. The molecular formula is C24H24Cl2FN3O2. The van der Waals surface area contributed by atoms with Gasteiger partial charge in [-0.3, -0.25) is 14.5 Å². The lowest BCUT2D eigenvalue weighted by Gasteiger charge is -2.31. The zero-order valence-electron chi connectivity index (χ0n) is 17.5. The maximum atomic E-state index is 13.1. The van der Waals surface area contributed by atoms with Gasteiger partial charge >= 0.3 is 0 Å². The van der Waals surface area contributed by atoms with Crippen LogP contribution in [0.15, 0.2) is 48.5 Å². The van der Waals surface area contributed by atoms with Gasteiger partial charge in [0.05, 0.1) is 16.6 Å². The molecule has 1 saturated heterocycles. The molecule has 0 saturated carbocycles. The van der Waals surface area contributed by atoms with Crippen LogP contribution in [0.2, 0.25) is 10.0 Å². The monoisotopic (exact) mass is 475 g/mol. The second kappa shape index (κ2) is 10.0. The SMILES string of the molecule is O=C(NCC(=O)N1CCC(N2CC=C(c3ccc(F)cc3)CC2)C1)c1ccc(Cl)c(Cl)c1. The quantitative estimate of drug-likeness (QED) is 0.702. The Bertz CT molecular complexity index is 1040. The molecule has 1 atom stereocenters. The number of carbonyl (C=O) groups excluding carboxylic acids is 2. The highest BCUT2D eigenvalue weighted by molar-refractivity contribution is 6.42. The van der Waals surface area contributed by atoms with Crippen molar-refractivity contribution < 1.29 is 14.0 Å². The van der Waals surface area contributed by atoms with Crippen molar-refractivity contribution in [3.63, 3.8) is 0 Å². The summed E-state index contributed by atoms with van der Waals surface area (Å²) < 4.78 is 13.1. The molecule has 2 aromatic carbocycles. The highest BCUT2D eigenvalue weighted by Gasteiger charge is 2.31. The van der Waals surface area contributed by atoms with Gasteiger partial charge in [0.2, 0.25) is 5.91 Å². The van der Waals surface area contributed by atoms with E-state index in [1.807, 2.05) is 12.1 Å². The molecule has 2 heterocycles. The first kappa shape index (κ1) is 22.8. The zero-order valence-corrected chi connectivity index (χ0v) is 19.0. The van der Waals surface area contributed by atoms with Gasteiger partial charge in [-0.25, -0.2) is 4.39 Å². The van der Waals surface area contributed by atoms with Crippen molar-refractivity contribution >= 4 is 40.6 Å². The average Bonchev–Trinajstić information content (AvgIpc) is 3.30. The number of halogens is 3. The molecular weight excluding hydrogens is 452 g/mol. The fraction of sp³-hybridized carbons (Fsp3) is 0.333. The molecule has 2 aromatic rings. The summed E-state index contributed by atoms with van der Waals surface area (Å²) in [6, 6.07) is 11.5. The number of hydrogen-bond acceptors (Lipinski definition) is 3. The van der Waals surface area contributed by atoms with E-state index in [-0.39, 0.29) is 24.2 Å². The average molecular weight is 476 g/mol. The van der Waals surface area contributed by atoms with E-state index in [0.717, 1.165) is 31.5 Å². The third-order valence-electron chi connectivity index (χ3n) is 6.07. The molecule has 0 aromatic heterocycles. The van der Waals surface area contributed by atoms with Crippen LogP contribution in [0.25, 0.3) is 5.57 Å². The number of benzene rings is 2. The summed E-state index contributed by atoms with van der Waals surface area (Å²) in [5.41, 5.74) is 2.66. The summed E-state index contributed by atoms with van der Waals surface area (Å²) in [5, 5.41) is 3.34. The minimum Gasteiger partial charge on any atom is -0.343 e. The van der Waals surface area contributed by atoms with Gasteiger partial charge in [0.1, 0.15) is 5.82 Å². The van der Waals surface area contributed by atoms with Crippen molar-refractivity contribution in [3.05, 3.63) is 75.5 Å². The molecule has 8 heteroatoms. The molecule has 1 unspecified atom stereocenters. The second-order valence-corrected chi connectivity index (χ2v) is 8.89. The Morgan fingerprint density at radius 3 is 2.53 bits per heavy atom. The van der Waals surface area contributed by atoms with Crippen LogP contribution in [-0.2, 0) is 4.79 Å². The van der Waals surface area contributed by atoms with Crippen molar-refractivity contribution in [1.82, 2.24) is 15.1 Å². The fourth-order valence-electron chi connectivity index (χ4n) is 4.22. The van der Waals surface area contributed by atoms with Gasteiger partial charge in [-0.05, 0) is 54.3 Å². The van der Waals surface area contributed by atoms with E-state index in [1.54, 1.807) is 17.0 Å². The third-order valence-corrected chi connectivity index (χ3v) is 6.81. The van der Waals surface area contributed by atoms with Gasteiger partial charge < -0.3 is 10.2 Å². The minimum absolute atomic E-state index is 0.0551. The molecule has 4 rings (SSSR count). The van der Waals surface area contributed by atoms with Crippen molar-refractivity contribution in [3.8, 4) is 0 Å². The number of rotatable bonds is 5. The largest absolute Gasteiger partial charge is 0.343 e. The molecule has 1 fully saturated rings. The van der Waals surface area contributed by atoms with E-state index >= 15 is 0 Å². The Morgan fingerprint density at radius 2 is 1.84 bits per heavy atom. The molecule has 32 heavy (non-hydrogen) atoms. The minimum atomic E-state index is -0.359. The number of carbonyl (C=O) groups is 2. The van der Waals surface area contributed by atoms with Crippen molar-refractivity contribution in [1.29, 1.82) is 0 Å². The molecule has 2 amide bonds. The fourth-order valence-corrected chi connectivity index (χ4v) is 4.51. The molecule has 0 radical (unpaired) electrons. The van der Waals surface area contributed by atoms with Crippen LogP contribution >= 0.6 is 23.2 Å². The maximum Gasteiger partial charge on any atom is 0.251 e. The van der Waals surface area contributed by atoms with E-state index in [9.17, 15) is 14.0 Å². The third kappa shape index (κ3) is 5.31. The predicted octanol–water partition coefficient (Wildman–Crippen LogP) is 4.25. The summed E-state index contributed by atoms with van der Waals surface area (Å²) >= 11 is 11.8. The van der Waals surface area contributed by atoms with Gasteiger partial charge in [-0.1, -0.05) is 41.4 Å². The molecule has 2 aliphatic rings. The normalized spacial score (nSPS) is 19.0. The van der Waals surface area contributed by atoms with Crippen LogP contribution in [0.5, 0.6) is 0 Å². The Balaban J connectivity index is 1.26. The molecule has 0 bridgehead atoms. The predicted molar refractivity (Wildman–Crippen MR) is 124 cm³/mol. The Morgan fingerprint density at radius 1 is 1.06 bits per heavy atom. The van der Waals surface area contributed by atoms with Crippen LogP contribution in [-0.4, -0.2) is 60.4 Å². The maximum absolute atomic E-state index is 13.1. The van der Waals surface area contributed by atoms with E-state index < -0.39 is 0 Å². The van der Waals surface area contributed by atoms with Crippen molar-refractivity contribution in [2.75, 3.05) is 32.7 Å². The van der Waals surface area contributed by atoms with E-state index in [0.29, 0.717) is 34.7 Å². The Kier molecular flexibility index (Phi) is 7.13. The number of amides is 2. The van der Waals surface area contributed by atoms with Crippen LogP contribution in [0.4, 0.5) is 4.39 Å². The van der Waals surface area contributed by atoms with Gasteiger partial charge in [0, 0.05) is 37.8 Å². The van der Waals surface area contributed by atoms with Crippen molar-refractivity contribution in [2.24, 2.45) is 0 Å². The summed E-state index contributed by atoms with van der Waals surface area (Å²) in [4.78, 5) is 29.1. The van der Waals surface area contributed by atoms with Crippen LogP contribution < -0.4 is 5.32 Å². The van der Waals surface area contributed by atoms with Gasteiger partial charge in [-0.2, -0.15) is 0 Å². The lowest BCUT2D eigenvalue weighted by molar-refractivity contribution is -0.129. The van der Waals surface area contributed by atoms with Crippen molar-refractivity contribution in [2.45, 2.75) is 18.9 Å². The number of nitrogens with one attached hydrogen (secondary N) is 1. The van der Waals surface area contributed by atoms with E-state index in [4.69, 9.17) is 23.2 Å². The van der Waals surface area contributed by atoms with Crippen LogP contribution in [0.3, 0.4) is 0 Å². The van der Waals surface area contributed by atoms with Crippen LogP contribution in [0.1, 0.15) is 28.8 Å². The Labute approximate surface area is 196 Å². The van der Waals surface area contributed by atoms with Gasteiger partial charge in [-0.15, -0.1) is 0 Å². The molecule has 168 valence electrons. The summed E-state index contributed by atoms with van der Waals surface area (Å²) in [6.45, 7) is 3.00. The number of nitrogens with zero attached hydrogens (tertiary/aromatic N) is 2. The molecule has 0 aliphatic carbocycles. The first-order valence-electron chi connectivity index (χ1n) is 10.6. The summed E-state index contributed by atoms with van der Waals surface area (Å²) in [5.74, 6) is -0.682. The lowest BCUT2D eigenvalue weighted by Crippen LogP contribution is -2.43. The number of hydrogen-bond donors (Lipinski definition) is 1. The Hall–Kier alpha value is -2.41. The summed E-state index contributed by atoms with van der Waals surface area (Å²) in [6.07, 6.45) is 4.00. The number of likely N-dealkylation sites (tertiary alicyclic amines) is 1. The smallest absolute Gasteiger partial charge is 0.251 e. The van der Waals surface area contributed by atoms with E-state index in [1.165, 1.54) is 23.8 Å². The topological polar surface area (TPSA) is 52.7 Å². The van der Waals surface area contributed by atoms with E-state index in [2.05, 4.69) is 16.3 Å².